The molecule has 0 aliphatic carbocycles. The number of hydrogen-bond acceptors (Lipinski definition) is 2. The lowest BCUT2D eigenvalue weighted by Crippen LogP contribution is -2.46. The van der Waals surface area contributed by atoms with Crippen molar-refractivity contribution in [2.24, 2.45) is 5.92 Å². The predicted molar refractivity (Wildman–Crippen MR) is 80.3 cm³/mol. The Kier molecular flexibility index (Phi) is 3.88. The monoisotopic (exact) mass is 270 g/mol. The number of nitrogens with one attached hydrogen (secondary N) is 1. The Morgan fingerprint density at radius 1 is 1.25 bits per heavy atom. The third kappa shape index (κ3) is 2.63. The van der Waals surface area contributed by atoms with E-state index in [-0.39, 0.29) is 12.0 Å². The zero-order chi connectivity index (χ0) is 13.9. The fourth-order valence-electron chi connectivity index (χ4n) is 3.16. The molecule has 0 aromatic heterocycles. The van der Waals surface area contributed by atoms with Crippen molar-refractivity contribution in [1.29, 1.82) is 0 Å². The highest BCUT2D eigenvalue weighted by Gasteiger charge is 2.30. The SMILES string of the molecule is C[C@@H]1NCC=CC[C@H]1C(=O)N1CCc2ccccc2C1. The quantitative estimate of drug-likeness (QED) is 0.793. The first kappa shape index (κ1) is 13.4. The smallest absolute Gasteiger partial charge is 0.227 e. The highest BCUT2D eigenvalue weighted by Crippen LogP contribution is 2.23. The van der Waals surface area contributed by atoms with Crippen molar-refractivity contribution in [2.45, 2.75) is 32.4 Å². The molecule has 3 rings (SSSR count). The van der Waals surface area contributed by atoms with Crippen LogP contribution < -0.4 is 5.32 Å². The number of fused-ring (bicyclic) bond motifs is 1. The normalized spacial score (nSPS) is 25.9. The molecule has 0 saturated heterocycles. The summed E-state index contributed by atoms with van der Waals surface area (Å²) in [5.74, 6) is 0.366. The van der Waals surface area contributed by atoms with E-state index in [1.807, 2.05) is 4.90 Å². The van der Waals surface area contributed by atoms with Crippen LogP contribution in [-0.4, -0.2) is 29.9 Å². The first-order valence-corrected chi connectivity index (χ1v) is 7.49. The van der Waals surface area contributed by atoms with Crippen molar-refractivity contribution >= 4 is 5.91 Å². The van der Waals surface area contributed by atoms with Crippen LogP contribution in [0.3, 0.4) is 0 Å². The van der Waals surface area contributed by atoms with E-state index in [9.17, 15) is 4.79 Å². The van der Waals surface area contributed by atoms with Crippen LogP contribution in [0.2, 0.25) is 0 Å². The van der Waals surface area contributed by atoms with Crippen LogP contribution in [0.1, 0.15) is 24.5 Å². The van der Waals surface area contributed by atoms with Crippen LogP contribution in [0.25, 0.3) is 0 Å². The lowest BCUT2D eigenvalue weighted by atomic mass is 9.93. The van der Waals surface area contributed by atoms with E-state index in [1.165, 1.54) is 11.1 Å². The van der Waals surface area contributed by atoms with Crippen LogP contribution in [0, 0.1) is 5.92 Å². The second-order valence-electron chi connectivity index (χ2n) is 5.79. The summed E-state index contributed by atoms with van der Waals surface area (Å²) >= 11 is 0. The Morgan fingerprint density at radius 2 is 2.05 bits per heavy atom. The van der Waals surface area contributed by atoms with E-state index in [2.05, 4.69) is 48.7 Å². The molecule has 3 heteroatoms. The zero-order valence-corrected chi connectivity index (χ0v) is 12.0. The zero-order valence-electron chi connectivity index (χ0n) is 12.0. The van der Waals surface area contributed by atoms with Crippen molar-refractivity contribution in [3.05, 3.63) is 47.5 Å². The molecule has 0 saturated carbocycles. The molecule has 2 aliphatic rings. The molecule has 0 unspecified atom stereocenters. The summed E-state index contributed by atoms with van der Waals surface area (Å²) in [6.45, 7) is 4.60. The number of rotatable bonds is 1. The molecule has 1 N–H and O–H groups in total. The molecule has 2 aliphatic heterocycles. The molecule has 0 bridgehead atoms. The predicted octanol–water partition coefficient (Wildman–Crippen LogP) is 2.13. The summed E-state index contributed by atoms with van der Waals surface area (Å²) < 4.78 is 0. The largest absolute Gasteiger partial charge is 0.338 e. The Bertz CT molecular complexity index is 523. The molecule has 0 fully saturated rings. The van der Waals surface area contributed by atoms with E-state index >= 15 is 0 Å². The average molecular weight is 270 g/mol. The topological polar surface area (TPSA) is 32.3 Å². The molecule has 20 heavy (non-hydrogen) atoms. The molecule has 2 heterocycles. The molecular weight excluding hydrogens is 248 g/mol. The van der Waals surface area contributed by atoms with E-state index in [0.29, 0.717) is 5.91 Å². The van der Waals surface area contributed by atoms with Gasteiger partial charge in [0.05, 0.1) is 5.92 Å². The lowest BCUT2D eigenvalue weighted by Gasteiger charge is -2.33. The molecule has 1 aromatic carbocycles. The molecule has 106 valence electrons. The van der Waals surface area contributed by atoms with Gasteiger partial charge in [-0.3, -0.25) is 4.79 Å². The first-order chi connectivity index (χ1) is 9.75. The fraction of sp³-hybridized carbons (Fsp3) is 0.471. The maximum absolute atomic E-state index is 12.8. The molecule has 2 atom stereocenters. The molecular formula is C17H22N2O. The highest BCUT2D eigenvalue weighted by atomic mass is 16.2. The Balaban J connectivity index is 1.73. The van der Waals surface area contributed by atoms with E-state index in [1.54, 1.807) is 0 Å². The highest BCUT2D eigenvalue weighted by molar-refractivity contribution is 5.80. The van der Waals surface area contributed by atoms with Crippen molar-refractivity contribution < 1.29 is 4.79 Å². The summed E-state index contributed by atoms with van der Waals surface area (Å²) in [5, 5.41) is 3.40. The minimum Gasteiger partial charge on any atom is -0.338 e. The minimum atomic E-state index is 0.0685. The molecule has 0 spiro atoms. The van der Waals surface area contributed by atoms with Crippen LogP contribution in [-0.2, 0) is 17.8 Å². The van der Waals surface area contributed by atoms with Gasteiger partial charge in [0, 0.05) is 25.7 Å². The Morgan fingerprint density at radius 3 is 2.90 bits per heavy atom. The summed E-state index contributed by atoms with van der Waals surface area (Å²) in [6.07, 6.45) is 6.09. The van der Waals surface area contributed by atoms with Crippen molar-refractivity contribution in [3.8, 4) is 0 Å². The maximum atomic E-state index is 12.8. The number of nitrogens with zero attached hydrogens (tertiary/aromatic N) is 1. The van der Waals surface area contributed by atoms with E-state index in [0.717, 1.165) is 32.5 Å². The third-order valence-electron chi connectivity index (χ3n) is 4.48. The van der Waals surface area contributed by atoms with E-state index < -0.39 is 0 Å². The van der Waals surface area contributed by atoms with Crippen LogP contribution in [0.4, 0.5) is 0 Å². The molecule has 3 nitrogen and oxygen atoms in total. The van der Waals surface area contributed by atoms with E-state index in [4.69, 9.17) is 0 Å². The van der Waals surface area contributed by atoms with Crippen LogP contribution in [0.15, 0.2) is 36.4 Å². The summed E-state index contributed by atoms with van der Waals surface area (Å²) in [7, 11) is 0. The van der Waals surface area contributed by atoms with Crippen molar-refractivity contribution in [2.75, 3.05) is 13.1 Å². The second kappa shape index (κ2) is 5.80. The van der Waals surface area contributed by atoms with Crippen molar-refractivity contribution in [1.82, 2.24) is 10.2 Å². The number of carbonyl (C=O) groups is 1. The Hall–Kier alpha value is -1.61. The van der Waals surface area contributed by atoms with Gasteiger partial charge >= 0.3 is 0 Å². The summed E-state index contributed by atoms with van der Waals surface area (Å²) in [4.78, 5) is 14.8. The number of benzene rings is 1. The molecule has 1 aromatic rings. The number of carbonyl (C=O) groups excluding carboxylic acids is 1. The van der Waals surface area contributed by atoms with Gasteiger partial charge in [0.15, 0.2) is 0 Å². The van der Waals surface area contributed by atoms with Gasteiger partial charge in [0.2, 0.25) is 5.91 Å². The van der Waals surface area contributed by atoms with Crippen LogP contribution >= 0.6 is 0 Å². The van der Waals surface area contributed by atoms with Gasteiger partial charge < -0.3 is 10.2 Å². The van der Waals surface area contributed by atoms with Gasteiger partial charge in [-0.15, -0.1) is 0 Å². The van der Waals surface area contributed by atoms with Gasteiger partial charge in [0.25, 0.3) is 0 Å². The van der Waals surface area contributed by atoms with Gasteiger partial charge in [0.1, 0.15) is 0 Å². The third-order valence-corrected chi connectivity index (χ3v) is 4.48. The lowest BCUT2D eigenvalue weighted by molar-refractivity contribution is -0.137. The molecule has 0 radical (unpaired) electrons. The number of amides is 1. The summed E-state index contributed by atoms with van der Waals surface area (Å²) in [5.41, 5.74) is 2.69. The van der Waals surface area contributed by atoms with Crippen molar-refractivity contribution in [3.63, 3.8) is 0 Å². The fourth-order valence-corrected chi connectivity index (χ4v) is 3.16. The second-order valence-corrected chi connectivity index (χ2v) is 5.79. The minimum absolute atomic E-state index is 0.0685. The average Bonchev–Trinajstić information content (AvgIpc) is 2.70. The van der Waals surface area contributed by atoms with Gasteiger partial charge in [-0.25, -0.2) is 0 Å². The van der Waals surface area contributed by atoms with Crippen LogP contribution in [0.5, 0.6) is 0 Å². The number of allylic oxidation sites excluding steroid dienone is 1. The Labute approximate surface area is 120 Å². The molecule has 1 amide bonds. The first-order valence-electron chi connectivity index (χ1n) is 7.49. The maximum Gasteiger partial charge on any atom is 0.227 e. The van der Waals surface area contributed by atoms with Gasteiger partial charge in [-0.2, -0.15) is 0 Å². The standard InChI is InChI=1S/C17H22N2O/c1-13-16(8-4-5-10-18-13)17(20)19-11-9-14-6-2-3-7-15(14)12-19/h2-7,13,16,18H,8-12H2,1H3/t13-,16+/m0/s1. The van der Waals surface area contributed by atoms with Gasteiger partial charge in [-0.05, 0) is 30.9 Å². The number of hydrogen-bond donors (Lipinski definition) is 1. The summed E-state index contributed by atoms with van der Waals surface area (Å²) in [6, 6.07) is 8.71. The van der Waals surface area contributed by atoms with Gasteiger partial charge in [-0.1, -0.05) is 36.4 Å².